The number of nitrogens with zero attached hydrogens (tertiary/aromatic N) is 2. The molecule has 1 aromatic rings. The van der Waals surface area contributed by atoms with Crippen molar-refractivity contribution in [3.05, 3.63) is 18.0 Å². The van der Waals surface area contributed by atoms with Crippen molar-refractivity contribution in [3.63, 3.8) is 0 Å². The van der Waals surface area contributed by atoms with Gasteiger partial charge in [0.05, 0.1) is 6.20 Å². The molecule has 0 aromatic carbocycles. The second kappa shape index (κ2) is 4.13. The first-order valence-corrected chi connectivity index (χ1v) is 5.18. The minimum absolute atomic E-state index is 0.0369. The Morgan fingerprint density at radius 2 is 2.14 bits per heavy atom. The average molecular weight is 195 g/mol. The molecule has 2 N–H and O–H groups in total. The lowest BCUT2D eigenvalue weighted by atomic mass is 9.87. The molecular formula is C11H21N3. The van der Waals surface area contributed by atoms with Crippen molar-refractivity contribution < 1.29 is 0 Å². The van der Waals surface area contributed by atoms with Gasteiger partial charge in [-0.05, 0) is 11.5 Å². The molecule has 80 valence electrons. The summed E-state index contributed by atoms with van der Waals surface area (Å²) in [5, 5.41) is 4.33. The molecule has 0 aliphatic heterocycles. The van der Waals surface area contributed by atoms with Gasteiger partial charge in [-0.15, -0.1) is 0 Å². The van der Waals surface area contributed by atoms with E-state index in [-0.39, 0.29) is 5.41 Å². The van der Waals surface area contributed by atoms with E-state index < -0.39 is 0 Å². The van der Waals surface area contributed by atoms with E-state index in [0.29, 0.717) is 12.5 Å². The van der Waals surface area contributed by atoms with E-state index >= 15 is 0 Å². The zero-order chi connectivity index (χ0) is 10.8. The molecular weight excluding hydrogens is 174 g/mol. The Morgan fingerprint density at radius 1 is 1.50 bits per heavy atom. The quantitative estimate of drug-likeness (QED) is 0.795. The van der Waals surface area contributed by atoms with Gasteiger partial charge in [0.25, 0.3) is 0 Å². The summed E-state index contributed by atoms with van der Waals surface area (Å²) in [5.74, 6) is 0.628. The Morgan fingerprint density at radius 3 is 2.64 bits per heavy atom. The molecule has 0 aliphatic carbocycles. The van der Waals surface area contributed by atoms with Gasteiger partial charge in [0, 0.05) is 24.7 Å². The fourth-order valence-corrected chi connectivity index (χ4v) is 1.30. The molecule has 0 aliphatic rings. The zero-order valence-corrected chi connectivity index (χ0v) is 9.62. The van der Waals surface area contributed by atoms with Crippen LogP contribution in [0.4, 0.5) is 0 Å². The summed E-state index contributed by atoms with van der Waals surface area (Å²) in [6.07, 6.45) is 4.03. The van der Waals surface area contributed by atoms with Crippen molar-refractivity contribution in [2.45, 2.75) is 39.7 Å². The fraction of sp³-hybridized carbons (Fsp3) is 0.727. The number of aromatic nitrogens is 2. The maximum Gasteiger partial charge on any atom is 0.0527 e. The van der Waals surface area contributed by atoms with Crippen molar-refractivity contribution in [2.75, 3.05) is 6.54 Å². The number of hydrogen-bond donors (Lipinski definition) is 1. The summed E-state index contributed by atoms with van der Waals surface area (Å²) < 4.78 is 2.00. The summed E-state index contributed by atoms with van der Waals surface area (Å²) in [4.78, 5) is 0. The number of nitrogens with two attached hydrogens (primary N) is 1. The Balaban J connectivity index is 2.77. The highest BCUT2D eigenvalue weighted by atomic mass is 15.3. The molecule has 0 atom stereocenters. The van der Waals surface area contributed by atoms with E-state index in [1.54, 1.807) is 0 Å². The van der Waals surface area contributed by atoms with E-state index in [1.165, 1.54) is 5.56 Å². The minimum atomic E-state index is 0.0369. The lowest BCUT2D eigenvalue weighted by Crippen LogP contribution is -2.27. The van der Waals surface area contributed by atoms with Gasteiger partial charge in [0.15, 0.2) is 0 Å². The highest BCUT2D eigenvalue weighted by Crippen LogP contribution is 2.20. The molecule has 0 unspecified atom stereocenters. The molecule has 0 amide bonds. The van der Waals surface area contributed by atoms with Crippen LogP contribution in [0.3, 0.4) is 0 Å². The third kappa shape index (κ3) is 2.58. The number of rotatable bonds is 4. The van der Waals surface area contributed by atoms with Crippen LogP contribution in [0.25, 0.3) is 0 Å². The van der Waals surface area contributed by atoms with Crippen LogP contribution in [0.15, 0.2) is 12.4 Å². The maximum atomic E-state index is 5.71. The van der Waals surface area contributed by atoms with Gasteiger partial charge in [-0.3, -0.25) is 4.68 Å². The molecule has 3 heteroatoms. The molecule has 1 heterocycles. The molecule has 0 radical (unpaired) electrons. The Labute approximate surface area is 86.3 Å². The van der Waals surface area contributed by atoms with Crippen LogP contribution in [-0.4, -0.2) is 16.3 Å². The first-order chi connectivity index (χ1) is 6.45. The molecule has 0 saturated heterocycles. The summed E-state index contributed by atoms with van der Waals surface area (Å²) >= 11 is 0. The van der Waals surface area contributed by atoms with Gasteiger partial charge in [0.2, 0.25) is 0 Å². The van der Waals surface area contributed by atoms with Gasteiger partial charge < -0.3 is 5.73 Å². The molecule has 0 saturated carbocycles. The van der Waals surface area contributed by atoms with Crippen LogP contribution in [0.5, 0.6) is 0 Å². The average Bonchev–Trinajstić information content (AvgIpc) is 2.52. The van der Waals surface area contributed by atoms with Crippen molar-refractivity contribution in [1.29, 1.82) is 0 Å². The van der Waals surface area contributed by atoms with Crippen LogP contribution >= 0.6 is 0 Å². The molecule has 0 spiro atoms. The van der Waals surface area contributed by atoms with E-state index in [0.717, 1.165) is 6.54 Å². The third-order valence-corrected chi connectivity index (χ3v) is 2.48. The van der Waals surface area contributed by atoms with Gasteiger partial charge >= 0.3 is 0 Å². The van der Waals surface area contributed by atoms with Crippen LogP contribution in [0, 0.1) is 5.92 Å². The molecule has 0 bridgehead atoms. The Kier molecular flexibility index (Phi) is 3.32. The molecule has 1 rings (SSSR count). The van der Waals surface area contributed by atoms with Crippen molar-refractivity contribution >= 4 is 0 Å². The molecule has 3 nitrogen and oxygen atoms in total. The monoisotopic (exact) mass is 195 g/mol. The van der Waals surface area contributed by atoms with Crippen LogP contribution in [-0.2, 0) is 12.0 Å². The Bertz CT molecular complexity index is 286. The molecule has 0 fully saturated rings. The predicted octanol–water partition coefficient (Wildman–Crippen LogP) is 1.78. The smallest absolute Gasteiger partial charge is 0.0527 e. The molecule has 14 heavy (non-hydrogen) atoms. The predicted molar refractivity (Wildman–Crippen MR) is 59.1 cm³/mol. The van der Waals surface area contributed by atoms with E-state index in [4.69, 9.17) is 5.73 Å². The first kappa shape index (κ1) is 11.2. The first-order valence-electron chi connectivity index (χ1n) is 5.18. The zero-order valence-electron chi connectivity index (χ0n) is 9.62. The maximum absolute atomic E-state index is 5.71. The van der Waals surface area contributed by atoms with Crippen LogP contribution < -0.4 is 5.73 Å². The van der Waals surface area contributed by atoms with Crippen LogP contribution in [0.2, 0.25) is 0 Å². The van der Waals surface area contributed by atoms with Gasteiger partial charge in [-0.2, -0.15) is 5.10 Å². The van der Waals surface area contributed by atoms with Crippen molar-refractivity contribution in [3.8, 4) is 0 Å². The van der Waals surface area contributed by atoms with Gasteiger partial charge in [-0.25, -0.2) is 0 Å². The summed E-state index contributed by atoms with van der Waals surface area (Å²) in [6.45, 7) is 10.3. The lowest BCUT2D eigenvalue weighted by molar-refractivity contribution is 0.480. The van der Waals surface area contributed by atoms with Crippen molar-refractivity contribution in [1.82, 2.24) is 9.78 Å². The lowest BCUT2D eigenvalue weighted by Gasteiger charge is -2.20. The van der Waals surface area contributed by atoms with E-state index in [1.807, 2.05) is 10.9 Å². The van der Waals surface area contributed by atoms with Crippen molar-refractivity contribution in [2.24, 2.45) is 11.7 Å². The summed E-state index contributed by atoms with van der Waals surface area (Å²) in [5.41, 5.74) is 6.97. The fourth-order valence-electron chi connectivity index (χ4n) is 1.30. The Hall–Kier alpha value is -0.830. The molecule has 1 aromatic heterocycles. The minimum Gasteiger partial charge on any atom is -0.330 e. The van der Waals surface area contributed by atoms with Gasteiger partial charge in [0.1, 0.15) is 0 Å². The highest BCUT2D eigenvalue weighted by molar-refractivity contribution is 5.17. The van der Waals surface area contributed by atoms with E-state index in [9.17, 15) is 0 Å². The second-order valence-electron chi connectivity index (χ2n) is 4.93. The summed E-state index contributed by atoms with van der Waals surface area (Å²) in [6, 6.07) is 0. The third-order valence-electron chi connectivity index (χ3n) is 2.48. The summed E-state index contributed by atoms with van der Waals surface area (Å²) in [7, 11) is 0. The second-order valence-corrected chi connectivity index (χ2v) is 4.93. The standard InChI is InChI=1S/C11H21N3/c1-9(2)6-14-7-10(5-13-14)11(3,4)8-12/h5,7,9H,6,8,12H2,1-4H3. The van der Waals surface area contributed by atoms with E-state index in [2.05, 4.69) is 39.0 Å². The number of hydrogen-bond acceptors (Lipinski definition) is 2. The SMILES string of the molecule is CC(C)Cn1cc(C(C)(C)CN)cn1. The topological polar surface area (TPSA) is 43.8 Å². The largest absolute Gasteiger partial charge is 0.330 e. The normalized spacial score (nSPS) is 12.4. The highest BCUT2D eigenvalue weighted by Gasteiger charge is 2.20. The van der Waals surface area contributed by atoms with Gasteiger partial charge in [-0.1, -0.05) is 27.7 Å². The van der Waals surface area contributed by atoms with Crippen LogP contribution in [0.1, 0.15) is 33.3 Å².